The van der Waals surface area contributed by atoms with E-state index in [1.807, 2.05) is 48.5 Å². The van der Waals surface area contributed by atoms with Crippen LogP contribution in [-0.2, 0) is 14.3 Å². The van der Waals surface area contributed by atoms with E-state index in [4.69, 9.17) is 9.47 Å². The first-order chi connectivity index (χ1) is 7.79. The number of carbonyl (C=O) groups is 1. The highest BCUT2D eigenvalue weighted by Crippen LogP contribution is 2.34. The fourth-order valence-electron chi connectivity index (χ4n) is 1.99. The molecule has 3 heteroatoms. The maximum Gasteiger partial charge on any atom is 0.163 e. The van der Waals surface area contributed by atoms with Gasteiger partial charge in [0.2, 0.25) is 0 Å². The molecule has 1 saturated heterocycles. The molecular weight excluding hydrogens is 216 g/mol. The number of rotatable bonds is 3. The van der Waals surface area contributed by atoms with Crippen molar-refractivity contribution < 1.29 is 14.3 Å². The van der Waals surface area contributed by atoms with Gasteiger partial charge in [0.15, 0.2) is 5.79 Å². The van der Waals surface area contributed by atoms with E-state index in [1.54, 1.807) is 0 Å². The molecule has 1 heterocycles. The molecule has 0 spiro atoms. The third-order valence-corrected chi connectivity index (χ3v) is 3.10. The van der Waals surface area contributed by atoms with Crippen molar-refractivity contribution in [2.45, 2.75) is 73.2 Å². The van der Waals surface area contributed by atoms with Crippen LogP contribution in [0.2, 0.25) is 0 Å². The molecule has 1 fully saturated rings. The number of carbonyl (C=O) groups excluding carboxylic acids is 1. The van der Waals surface area contributed by atoms with Crippen LogP contribution in [0.1, 0.15) is 61.3 Å². The molecule has 0 saturated carbocycles. The van der Waals surface area contributed by atoms with Gasteiger partial charge in [0.1, 0.15) is 5.78 Å². The summed E-state index contributed by atoms with van der Waals surface area (Å²) in [6.45, 7) is 14.3. The largest absolute Gasteiger partial charge is 0.350 e. The zero-order chi connectivity index (χ0) is 13.7. The molecule has 3 nitrogen and oxygen atoms in total. The van der Waals surface area contributed by atoms with Crippen LogP contribution < -0.4 is 0 Å². The van der Waals surface area contributed by atoms with Gasteiger partial charge in [0.25, 0.3) is 0 Å². The Morgan fingerprint density at radius 2 is 1.88 bits per heavy atom. The van der Waals surface area contributed by atoms with Crippen molar-refractivity contribution in [2.24, 2.45) is 5.41 Å². The minimum absolute atomic E-state index is 0.0336. The Balaban J connectivity index is 0.00000121. The molecule has 1 unspecified atom stereocenters. The predicted molar refractivity (Wildman–Crippen MR) is 69.9 cm³/mol. The zero-order valence-corrected chi connectivity index (χ0v) is 12.4. The highest BCUT2D eigenvalue weighted by Gasteiger charge is 2.42. The fourth-order valence-corrected chi connectivity index (χ4v) is 1.99. The van der Waals surface area contributed by atoms with E-state index in [9.17, 15) is 4.79 Å². The fraction of sp³-hybridized carbons (Fsp3) is 0.929. The predicted octanol–water partition coefficient (Wildman–Crippen LogP) is 3.56. The van der Waals surface area contributed by atoms with E-state index in [0.717, 1.165) is 6.42 Å². The van der Waals surface area contributed by atoms with Crippen molar-refractivity contribution in [3.05, 3.63) is 0 Å². The number of hydrogen-bond donors (Lipinski definition) is 0. The van der Waals surface area contributed by atoms with Gasteiger partial charge in [0.05, 0.1) is 12.7 Å². The smallest absolute Gasteiger partial charge is 0.163 e. The Morgan fingerprint density at radius 3 is 2.29 bits per heavy atom. The Labute approximate surface area is 106 Å². The Bertz CT molecular complexity index is 244. The SMILES string of the molecule is CC.CCC(=O)C(C)(C)C1CCOC(C)(C)O1. The average Bonchev–Trinajstić information content (AvgIpc) is 2.29. The van der Waals surface area contributed by atoms with Crippen LogP contribution in [0.4, 0.5) is 0 Å². The monoisotopic (exact) mass is 244 g/mol. The second-order valence-corrected chi connectivity index (χ2v) is 5.14. The van der Waals surface area contributed by atoms with Crippen LogP contribution in [0.25, 0.3) is 0 Å². The Kier molecular flexibility index (Phi) is 6.35. The van der Waals surface area contributed by atoms with Gasteiger partial charge >= 0.3 is 0 Å². The molecule has 0 N–H and O–H groups in total. The van der Waals surface area contributed by atoms with Crippen LogP contribution >= 0.6 is 0 Å². The summed E-state index contributed by atoms with van der Waals surface area (Å²) < 4.78 is 11.3. The van der Waals surface area contributed by atoms with E-state index in [2.05, 4.69) is 0 Å². The van der Waals surface area contributed by atoms with Crippen LogP contribution in [0.15, 0.2) is 0 Å². The summed E-state index contributed by atoms with van der Waals surface area (Å²) in [5, 5.41) is 0. The van der Waals surface area contributed by atoms with Crippen molar-refractivity contribution in [3.8, 4) is 0 Å². The molecule has 17 heavy (non-hydrogen) atoms. The summed E-state index contributed by atoms with van der Waals surface area (Å²) in [5.74, 6) is -0.306. The second kappa shape index (κ2) is 6.50. The maximum absolute atomic E-state index is 11.8. The second-order valence-electron chi connectivity index (χ2n) is 5.14. The first kappa shape index (κ1) is 16.6. The molecule has 0 aromatic heterocycles. The van der Waals surface area contributed by atoms with Gasteiger partial charge < -0.3 is 9.47 Å². The van der Waals surface area contributed by atoms with E-state index < -0.39 is 11.2 Å². The normalized spacial score (nSPS) is 23.6. The van der Waals surface area contributed by atoms with Crippen LogP contribution in [0.3, 0.4) is 0 Å². The summed E-state index contributed by atoms with van der Waals surface area (Å²) in [5.41, 5.74) is -0.407. The first-order valence-corrected chi connectivity index (χ1v) is 6.64. The van der Waals surface area contributed by atoms with Gasteiger partial charge in [-0.25, -0.2) is 0 Å². The van der Waals surface area contributed by atoms with Gasteiger partial charge in [-0.05, 0) is 20.3 Å². The van der Waals surface area contributed by atoms with E-state index in [0.29, 0.717) is 13.0 Å². The zero-order valence-electron chi connectivity index (χ0n) is 12.4. The summed E-state index contributed by atoms with van der Waals surface area (Å²) in [7, 11) is 0. The molecule has 102 valence electrons. The van der Waals surface area contributed by atoms with Crippen LogP contribution in [0, 0.1) is 5.41 Å². The summed E-state index contributed by atoms with van der Waals surface area (Å²) in [6.07, 6.45) is 1.32. The highest BCUT2D eigenvalue weighted by molar-refractivity contribution is 5.84. The van der Waals surface area contributed by atoms with Crippen molar-refractivity contribution in [1.29, 1.82) is 0 Å². The summed E-state index contributed by atoms with van der Waals surface area (Å²) in [4.78, 5) is 11.8. The Hall–Kier alpha value is -0.410. The van der Waals surface area contributed by atoms with E-state index in [1.165, 1.54) is 0 Å². The molecule has 0 bridgehead atoms. The lowest BCUT2D eigenvalue weighted by atomic mass is 9.79. The van der Waals surface area contributed by atoms with Crippen LogP contribution in [0.5, 0.6) is 0 Å². The van der Waals surface area contributed by atoms with Crippen LogP contribution in [-0.4, -0.2) is 24.3 Å². The summed E-state index contributed by atoms with van der Waals surface area (Å²) in [6, 6.07) is 0. The topological polar surface area (TPSA) is 35.5 Å². The molecule has 0 amide bonds. The van der Waals surface area contributed by atoms with Gasteiger partial charge in [-0.1, -0.05) is 34.6 Å². The quantitative estimate of drug-likeness (QED) is 0.761. The molecular formula is C14H28O3. The van der Waals surface area contributed by atoms with Gasteiger partial charge in [-0.3, -0.25) is 4.79 Å². The number of ether oxygens (including phenoxy) is 2. The molecule has 0 aromatic rings. The minimum atomic E-state index is -0.561. The molecule has 1 aliphatic heterocycles. The lowest BCUT2D eigenvalue weighted by Crippen LogP contribution is -2.49. The third-order valence-electron chi connectivity index (χ3n) is 3.10. The lowest BCUT2D eigenvalue weighted by molar-refractivity contribution is -0.288. The van der Waals surface area contributed by atoms with Crippen molar-refractivity contribution in [3.63, 3.8) is 0 Å². The van der Waals surface area contributed by atoms with E-state index >= 15 is 0 Å². The van der Waals surface area contributed by atoms with Crippen molar-refractivity contribution in [1.82, 2.24) is 0 Å². The number of hydrogen-bond acceptors (Lipinski definition) is 3. The number of ketones is 1. The van der Waals surface area contributed by atoms with Crippen molar-refractivity contribution in [2.75, 3.05) is 6.61 Å². The van der Waals surface area contributed by atoms with E-state index in [-0.39, 0.29) is 11.9 Å². The average molecular weight is 244 g/mol. The number of Topliss-reactive ketones (excluding diaryl/α,β-unsaturated/α-hetero) is 1. The lowest BCUT2D eigenvalue weighted by Gasteiger charge is -2.42. The first-order valence-electron chi connectivity index (χ1n) is 6.64. The molecule has 0 radical (unpaired) electrons. The minimum Gasteiger partial charge on any atom is -0.350 e. The van der Waals surface area contributed by atoms with Gasteiger partial charge in [0, 0.05) is 11.8 Å². The van der Waals surface area contributed by atoms with Crippen molar-refractivity contribution >= 4 is 5.78 Å². The Morgan fingerprint density at radius 1 is 1.35 bits per heavy atom. The molecule has 0 aliphatic carbocycles. The molecule has 1 rings (SSSR count). The molecule has 0 aromatic carbocycles. The van der Waals surface area contributed by atoms with Gasteiger partial charge in [-0.2, -0.15) is 0 Å². The third kappa shape index (κ3) is 4.40. The highest BCUT2D eigenvalue weighted by atomic mass is 16.7. The summed E-state index contributed by atoms with van der Waals surface area (Å²) >= 11 is 0. The molecule has 1 atom stereocenters. The molecule has 1 aliphatic rings. The standard InChI is InChI=1S/C12H22O3.C2H6/c1-6-9(13)11(2,3)10-7-8-14-12(4,5)15-10;1-2/h10H,6-8H2,1-5H3;1-2H3. The maximum atomic E-state index is 11.8. The van der Waals surface area contributed by atoms with Gasteiger partial charge in [-0.15, -0.1) is 0 Å².